The van der Waals surface area contributed by atoms with E-state index in [-0.39, 0.29) is 6.03 Å². The van der Waals surface area contributed by atoms with Crippen LogP contribution < -0.4 is 16.2 Å². The number of piperidine rings is 1. The zero-order valence-electron chi connectivity index (χ0n) is 14.2. The smallest absolute Gasteiger partial charge is 0.321 e. The van der Waals surface area contributed by atoms with E-state index < -0.39 is 0 Å². The predicted octanol–water partition coefficient (Wildman–Crippen LogP) is 2.47. The summed E-state index contributed by atoms with van der Waals surface area (Å²) in [6.07, 6.45) is 3.16. The van der Waals surface area contributed by atoms with Gasteiger partial charge in [0.2, 0.25) is 0 Å². The highest BCUT2D eigenvalue weighted by Gasteiger charge is 2.44. The fraction of sp³-hybridized carbons (Fsp3) is 0.611. The third-order valence-electron chi connectivity index (χ3n) is 5.69. The molecule has 4 rings (SSSR count). The summed E-state index contributed by atoms with van der Waals surface area (Å²) in [7, 11) is 0. The number of halogens is 1. The molecular weight excluding hydrogens is 340 g/mol. The summed E-state index contributed by atoms with van der Waals surface area (Å²) in [5.74, 6) is 1.06. The van der Waals surface area contributed by atoms with E-state index in [0.29, 0.717) is 28.9 Å². The fourth-order valence-electron chi connectivity index (χ4n) is 4.33. The largest absolute Gasteiger partial charge is 0.381 e. The van der Waals surface area contributed by atoms with Crippen molar-refractivity contribution in [1.82, 2.24) is 15.8 Å². The maximum Gasteiger partial charge on any atom is 0.321 e. The van der Waals surface area contributed by atoms with E-state index in [1.165, 1.54) is 0 Å². The van der Waals surface area contributed by atoms with Crippen LogP contribution >= 0.6 is 11.6 Å². The molecule has 3 unspecified atom stereocenters. The van der Waals surface area contributed by atoms with Crippen molar-refractivity contribution >= 4 is 23.3 Å². The molecule has 7 heteroatoms. The first-order valence-corrected chi connectivity index (χ1v) is 9.49. The molecule has 0 aromatic heterocycles. The van der Waals surface area contributed by atoms with Crippen LogP contribution in [0.1, 0.15) is 19.3 Å². The van der Waals surface area contributed by atoms with Crippen molar-refractivity contribution in [2.24, 2.45) is 11.8 Å². The van der Waals surface area contributed by atoms with Crippen molar-refractivity contribution in [3.63, 3.8) is 0 Å². The molecule has 0 radical (unpaired) electrons. The van der Waals surface area contributed by atoms with Crippen LogP contribution in [0.2, 0.25) is 5.02 Å². The molecule has 3 aliphatic heterocycles. The minimum absolute atomic E-state index is 0.0432. The monoisotopic (exact) mass is 364 g/mol. The number of carbonyl (C=O) groups excluding carboxylic acids is 1. The van der Waals surface area contributed by atoms with Gasteiger partial charge in [0.25, 0.3) is 0 Å². The number of urea groups is 1. The molecule has 0 bridgehead atoms. The first kappa shape index (κ1) is 17.1. The van der Waals surface area contributed by atoms with Gasteiger partial charge in [-0.15, -0.1) is 0 Å². The number of nitrogens with one attached hydrogen (secondary N) is 3. The highest BCUT2D eigenvalue weighted by atomic mass is 35.5. The van der Waals surface area contributed by atoms with Gasteiger partial charge in [0, 0.05) is 55.0 Å². The van der Waals surface area contributed by atoms with Gasteiger partial charge in [-0.1, -0.05) is 17.7 Å². The number of hydrogen-bond donors (Lipinski definition) is 3. The number of anilines is 1. The average Bonchev–Trinajstić information content (AvgIpc) is 3.05. The predicted molar refractivity (Wildman–Crippen MR) is 97.5 cm³/mol. The van der Waals surface area contributed by atoms with Gasteiger partial charge < -0.3 is 15.0 Å². The Hall–Kier alpha value is -1.34. The molecule has 6 nitrogen and oxygen atoms in total. The minimum atomic E-state index is -0.0432. The topological polar surface area (TPSA) is 65.6 Å². The summed E-state index contributed by atoms with van der Waals surface area (Å²) < 4.78 is 5.50. The van der Waals surface area contributed by atoms with E-state index >= 15 is 0 Å². The number of carbonyl (C=O) groups is 1. The minimum Gasteiger partial charge on any atom is -0.381 e. The van der Waals surface area contributed by atoms with Gasteiger partial charge in [0.15, 0.2) is 0 Å². The Bertz CT molecular complexity index is 623. The van der Waals surface area contributed by atoms with Gasteiger partial charge in [-0.2, -0.15) is 0 Å². The molecule has 2 amide bonds. The van der Waals surface area contributed by atoms with Crippen LogP contribution in [0.5, 0.6) is 0 Å². The van der Waals surface area contributed by atoms with Crippen molar-refractivity contribution in [3.8, 4) is 0 Å². The maximum absolute atomic E-state index is 12.7. The summed E-state index contributed by atoms with van der Waals surface area (Å²) in [4.78, 5) is 14.6. The highest BCUT2D eigenvalue weighted by Crippen LogP contribution is 2.32. The molecule has 0 saturated carbocycles. The summed E-state index contributed by atoms with van der Waals surface area (Å²) in [6, 6.07) is 8.10. The Morgan fingerprint density at radius 3 is 2.88 bits per heavy atom. The van der Waals surface area contributed by atoms with Crippen molar-refractivity contribution in [1.29, 1.82) is 0 Å². The summed E-state index contributed by atoms with van der Waals surface area (Å²) >= 11 is 6.00. The average molecular weight is 365 g/mol. The van der Waals surface area contributed by atoms with Crippen LogP contribution in [0.25, 0.3) is 0 Å². The van der Waals surface area contributed by atoms with Crippen molar-refractivity contribution in [2.75, 3.05) is 31.6 Å². The van der Waals surface area contributed by atoms with Gasteiger partial charge in [0.05, 0.1) is 0 Å². The number of rotatable bonds is 2. The van der Waals surface area contributed by atoms with E-state index in [9.17, 15) is 4.79 Å². The molecular formula is C18H25ClN4O2. The second kappa shape index (κ2) is 7.50. The van der Waals surface area contributed by atoms with Crippen LogP contribution in [0.3, 0.4) is 0 Å². The lowest BCUT2D eigenvalue weighted by molar-refractivity contribution is 0.0453. The number of nitrogens with zero attached hydrogens (tertiary/aromatic N) is 1. The standard InChI is InChI=1S/C18H25ClN4O2/c19-13-2-1-3-14(10-13)20-18(24)23-7-4-16-15(11-23)17(22-21-16)12-5-8-25-9-6-12/h1-3,10,12,15-17,21-22H,4-9,11H2,(H,20,24). The molecule has 3 atom stereocenters. The van der Waals surface area contributed by atoms with Gasteiger partial charge in [-0.05, 0) is 43.4 Å². The lowest BCUT2D eigenvalue weighted by Crippen LogP contribution is -2.51. The number of ether oxygens (including phenoxy) is 1. The fourth-order valence-corrected chi connectivity index (χ4v) is 4.52. The number of likely N-dealkylation sites (tertiary alicyclic amines) is 1. The van der Waals surface area contributed by atoms with E-state index in [1.807, 2.05) is 17.0 Å². The van der Waals surface area contributed by atoms with Crippen LogP contribution in [0.4, 0.5) is 10.5 Å². The molecule has 3 saturated heterocycles. The maximum atomic E-state index is 12.7. The van der Waals surface area contributed by atoms with E-state index in [1.54, 1.807) is 12.1 Å². The van der Waals surface area contributed by atoms with E-state index in [2.05, 4.69) is 16.2 Å². The second-order valence-electron chi connectivity index (χ2n) is 7.21. The third kappa shape index (κ3) is 3.77. The Morgan fingerprint density at radius 2 is 2.08 bits per heavy atom. The first-order chi connectivity index (χ1) is 12.2. The van der Waals surface area contributed by atoms with Gasteiger partial charge in [-0.3, -0.25) is 10.9 Å². The summed E-state index contributed by atoms with van der Waals surface area (Å²) in [5.41, 5.74) is 7.70. The lowest BCUT2D eigenvalue weighted by Gasteiger charge is -2.38. The Morgan fingerprint density at radius 1 is 1.24 bits per heavy atom. The Labute approximate surface area is 153 Å². The molecule has 1 aromatic rings. The van der Waals surface area contributed by atoms with Gasteiger partial charge in [0.1, 0.15) is 0 Å². The Kier molecular flexibility index (Phi) is 5.12. The third-order valence-corrected chi connectivity index (χ3v) is 5.93. The van der Waals surface area contributed by atoms with Crippen LogP contribution in [0.15, 0.2) is 24.3 Å². The van der Waals surface area contributed by atoms with E-state index in [0.717, 1.165) is 51.3 Å². The molecule has 3 N–H and O–H groups in total. The van der Waals surface area contributed by atoms with Crippen LogP contribution in [-0.2, 0) is 4.74 Å². The number of fused-ring (bicyclic) bond motifs is 1. The van der Waals surface area contributed by atoms with E-state index in [4.69, 9.17) is 16.3 Å². The molecule has 136 valence electrons. The molecule has 3 fully saturated rings. The molecule has 3 heterocycles. The molecule has 1 aromatic carbocycles. The molecule has 3 aliphatic rings. The number of benzene rings is 1. The molecule has 0 spiro atoms. The van der Waals surface area contributed by atoms with Crippen LogP contribution in [-0.4, -0.2) is 49.3 Å². The lowest BCUT2D eigenvalue weighted by atomic mass is 9.79. The summed E-state index contributed by atoms with van der Waals surface area (Å²) in [6.45, 7) is 3.24. The normalized spacial score (nSPS) is 30.1. The number of hydrogen-bond acceptors (Lipinski definition) is 4. The van der Waals surface area contributed by atoms with Crippen molar-refractivity contribution < 1.29 is 9.53 Å². The second-order valence-corrected chi connectivity index (χ2v) is 7.65. The van der Waals surface area contributed by atoms with Crippen LogP contribution in [0, 0.1) is 11.8 Å². The summed E-state index contributed by atoms with van der Waals surface area (Å²) in [5, 5.41) is 3.59. The molecule has 25 heavy (non-hydrogen) atoms. The number of amides is 2. The van der Waals surface area contributed by atoms with Gasteiger partial charge >= 0.3 is 6.03 Å². The molecule has 0 aliphatic carbocycles. The SMILES string of the molecule is O=C(Nc1cccc(Cl)c1)N1CCC2NNC(C3CCOCC3)C2C1. The van der Waals surface area contributed by atoms with Gasteiger partial charge in [-0.25, -0.2) is 4.79 Å². The zero-order valence-corrected chi connectivity index (χ0v) is 15.0. The van der Waals surface area contributed by atoms with Crippen molar-refractivity contribution in [2.45, 2.75) is 31.3 Å². The highest BCUT2D eigenvalue weighted by molar-refractivity contribution is 6.30. The zero-order chi connectivity index (χ0) is 17.2. The quantitative estimate of drug-likeness (QED) is 0.754. The van der Waals surface area contributed by atoms with Crippen molar-refractivity contribution in [3.05, 3.63) is 29.3 Å². The first-order valence-electron chi connectivity index (χ1n) is 9.11. The number of hydrazine groups is 1. The Balaban J connectivity index is 1.40.